The van der Waals surface area contributed by atoms with E-state index in [0.717, 1.165) is 0 Å². The molecule has 2 amide bonds. The number of allylic oxidation sites excluding steroid dienone is 1. The Bertz CT molecular complexity index is 1180. The monoisotopic (exact) mass is 481 g/mol. The Morgan fingerprint density at radius 1 is 1.09 bits per heavy atom. The van der Waals surface area contributed by atoms with Crippen molar-refractivity contribution in [3.63, 3.8) is 0 Å². The molecule has 0 fully saturated rings. The van der Waals surface area contributed by atoms with Gasteiger partial charge in [-0.15, -0.1) is 16.8 Å². The molecule has 0 unspecified atom stereocenters. The van der Waals surface area contributed by atoms with Crippen LogP contribution in [0, 0.1) is 0 Å². The van der Waals surface area contributed by atoms with E-state index >= 15 is 0 Å². The number of hydrogen-bond donors (Lipinski definition) is 3. The number of aromatic nitrogens is 3. The molecule has 3 N–H and O–H groups in total. The first kappa shape index (κ1) is 24.5. The number of carbonyl (C=O) groups is 3. The third kappa shape index (κ3) is 6.45. The summed E-state index contributed by atoms with van der Waals surface area (Å²) in [5, 5.41) is 23.2. The second-order valence-corrected chi connectivity index (χ2v) is 7.87. The molecule has 0 aliphatic rings. The summed E-state index contributed by atoms with van der Waals surface area (Å²) in [4.78, 5) is 35.6. The maximum absolute atomic E-state index is 12.4. The van der Waals surface area contributed by atoms with Crippen molar-refractivity contribution in [3.8, 4) is 5.75 Å². The molecular formula is C23H23N5O5S. The molecule has 2 aromatic carbocycles. The first-order valence-electron chi connectivity index (χ1n) is 10.1. The van der Waals surface area contributed by atoms with E-state index in [1.165, 1.54) is 36.0 Å². The highest BCUT2D eigenvalue weighted by Gasteiger charge is 2.15. The molecule has 1 aromatic heterocycles. The summed E-state index contributed by atoms with van der Waals surface area (Å²) < 4.78 is 6.86. The van der Waals surface area contributed by atoms with Crippen LogP contribution in [0.5, 0.6) is 5.75 Å². The number of benzene rings is 2. The summed E-state index contributed by atoms with van der Waals surface area (Å²) in [6, 6.07) is 12.6. The molecule has 0 atom stereocenters. The van der Waals surface area contributed by atoms with Crippen molar-refractivity contribution in [2.24, 2.45) is 0 Å². The van der Waals surface area contributed by atoms with E-state index in [9.17, 15) is 14.4 Å². The van der Waals surface area contributed by atoms with Crippen LogP contribution in [-0.4, -0.2) is 50.5 Å². The van der Waals surface area contributed by atoms with Gasteiger partial charge in [0.15, 0.2) is 11.0 Å². The van der Waals surface area contributed by atoms with Crippen LogP contribution in [0.4, 0.5) is 5.69 Å². The van der Waals surface area contributed by atoms with Gasteiger partial charge in [0.2, 0.25) is 5.91 Å². The topological polar surface area (TPSA) is 135 Å². The number of carbonyl (C=O) groups excluding carboxylic acids is 2. The first-order valence-corrected chi connectivity index (χ1v) is 11.1. The normalized spacial score (nSPS) is 10.4. The van der Waals surface area contributed by atoms with Gasteiger partial charge in [0.1, 0.15) is 5.75 Å². The van der Waals surface area contributed by atoms with Crippen LogP contribution in [0.1, 0.15) is 26.5 Å². The van der Waals surface area contributed by atoms with Crippen molar-refractivity contribution in [1.29, 1.82) is 0 Å². The van der Waals surface area contributed by atoms with Crippen molar-refractivity contribution in [1.82, 2.24) is 20.1 Å². The van der Waals surface area contributed by atoms with Crippen LogP contribution in [-0.2, 0) is 17.9 Å². The minimum absolute atomic E-state index is 0.0637. The molecule has 0 spiro atoms. The average Bonchev–Trinajstić information content (AvgIpc) is 3.23. The molecule has 0 saturated heterocycles. The molecule has 10 nitrogen and oxygen atoms in total. The highest BCUT2D eigenvalue weighted by Crippen LogP contribution is 2.19. The number of ether oxygens (including phenoxy) is 1. The number of nitrogens with zero attached hydrogens (tertiary/aromatic N) is 3. The minimum Gasteiger partial charge on any atom is -0.497 e. The van der Waals surface area contributed by atoms with E-state index in [4.69, 9.17) is 9.84 Å². The van der Waals surface area contributed by atoms with Crippen molar-refractivity contribution in [2.45, 2.75) is 18.2 Å². The molecule has 1 heterocycles. The number of thioether (sulfide) groups is 1. The first-order chi connectivity index (χ1) is 16.4. The number of rotatable bonds is 11. The lowest BCUT2D eigenvalue weighted by atomic mass is 10.2. The molecule has 0 aliphatic carbocycles. The third-order valence-electron chi connectivity index (χ3n) is 4.61. The summed E-state index contributed by atoms with van der Waals surface area (Å²) in [6.45, 7) is 4.29. The maximum Gasteiger partial charge on any atom is 0.335 e. The number of carboxylic acid groups (broad SMARTS) is 1. The fourth-order valence-electron chi connectivity index (χ4n) is 2.90. The van der Waals surface area contributed by atoms with Gasteiger partial charge in [-0.05, 0) is 48.5 Å². The lowest BCUT2D eigenvalue weighted by Crippen LogP contribution is -2.24. The molecule has 0 aliphatic heterocycles. The van der Waals surface area contributed by atoms with E-state index in [-0.39, 0.29) is 29.7 Å². The van der Waals surface area contributed by atoms with Crippen molar-refractivity contribution < 1.29 is 24.2 Å². The summed E-state index contributed by atoms with van der Waals surface area (Å²) >= 11 is 1.19. The van der Waals surface area contributed by atoms with Crippen LogP contribution in [0.15, 0.2) is 66.3 Å². The second kappa shape index (κ2) is 11.7. The molecule has 3 rings (SSSR count). The third-order valence-corrected chi connectivity index (χ3v) is 5.58. The van der Waals surface area contributed by atoms with Gasteiger partial charge in [-0.1, -0.05) is 17.8 Å². The van der Waals surface area contributed by atoms with Crippen molar-refractivity contribution in [2.75, 3.05) is 18.2 Å². The highest BCUT2D eigenvalue weighted by atomic mass is 32.2. The quantitative estimate of drug-likeness (QED) is 0.281. The Kier molecular flexibility index (Phi) is 8.41. The van der Waals surface area contributed by atoms with Crippen LogP contribution >= 0.6 is 11.8 Å². The SMILES string of the molecule is C=CCn1c(CNC(=O)c2ccc(OC)cc2)nnc1SCC(=O)Nc1ccc(C(=O)O)cc1. The molecule has 0 saturated carbocycles. The molecule has 11 heteroatoms. The summed E-state index contributed by atoms with van der Waals surface area (Å²) in [7, 11) is 1.55. The molecule has 176 valence electrons. The minimum atomic E-state index is -1.04. The van der Waals surface area contributed by atoms with Gasteiger partial charge < -0.3 is 25.0 Å². The Morgan fingerprint density at radius 3 is 2.38 bits per heavy atom. The van der Waals surface area contributed by atoms with Crippen LogP contribution < -0.4 is 15.4 Å². The summed E-state index contributed by atoms with van der Waals surface area (Å²) in [6.07, 6.45) is 1.67. The number of carboxylic acids is 1. The Balaban J connectivity index is 1.58. The largest absolute Gasteiger partial charge is 0.497 e. The molecule has 0 radical (unpaired) electrons. The van der Waals surface area contributed by atoms with Crippen molar-refractivity contribution in [3.05, 3.63) is 78.1 Å². The predicted molar refractivity (Wildman–Crippen MR) is 127 cm³/mol. The lowest BCUT2D eigenvalue weighted by Gasteiger charge is -2.09. The van der Waals surface area contributed by atoms with Gasteiger partial charge in [0.25, 0.3) is 5.91 Å². The number of amides is 2. The lowest BCUT2D eigenvalue weighted by molar-refractivity contribution is -0.113. The van der Waals surface area contributed by atoms with Crippen LogP contribution in [0.3, 0.4) is 0 Å². The fourth-order valence-corrected chi connectivity index (χ4v) is 3.66. The number of nitrogens with one attached hydrogen (secondary N) is 2. The van der Waals surface area contributed by atoms with Gasteiger partial charge in [-0.3, -0.25) is 9.59 Å². The number of methoxy groups -OCH3 is 1. The molecule has 0 bridgehead atoms. The van der Waals surface area contributed by atoms with Crippen LogP contribution in [0.2, 0.25) is 0 Å². The number of aromatic carboxylic acids is 1. The fraction of sp³-hybridized carbons (Fsp3) is 0.174. The smallest absolute Gasteiger partial charge is 0.335 e. The zero-order valence-corrected chi connectivity index (χ0v) is 19.2. The van der Waals surface area contributed by atoms with E-state index in [2.05, 4.69) is 27.4 Å². The standard InChI is InChI=1S/C23H23N5O5S/c1-3-12-28-19(13-24-21(30)15-6-10-18(33-2)11-7-15)26-27-23(28)34-14-20(29)25-17-8-4-16(5-9-17)22(31)32/h3-11H,1,12-14H2,2H3,(H,24,30)(H,25,29)(H,31,32). The Hall–Kier alpha value is -4.12. The second-order valence-electron chi connectivity index (χ2n) is 6.93. The van der Waals surface area contributed by atoms with E-state index in [1.54, 1.807) is 42.0 Å². The molecule has 34 heavy (non-hydrogen) atoms. The van der Waals surface area contributed by atoms with Gasteiger partial charge in [0.05, 0.1) is 25.0 Å². The maximum atomic E-state index is 12.4. The number of anilines is 1. The van der Waals surface area contributed by atoms with Crippen LogP contribution in [0.25, 0.3) is 0 Å². The number of hydrogen-bond acceptors (Lipinski definition) is 7. The zero-order chi connectivity index (χ0) is 24.5. The van der Waals surface area contributed by atoms with E-state index in [1.807, 2.05) is 0 Å². The van der Waals surface area contributed by atoms with Gasteiger partial charge >= 0.3 is 5.97 Å². The van der Waals surface area contributed by atoms with Gasteiger partial charge in [-0.2, -0.15) is 0 Å². The van der Waals surface area contributed by atoms with Gasteiger partial charge in [-0.25, -0.2) is 4.79 Å². The molecular weight excluding hydrogens is 458 g/mol. The van der Waals surface area contributed by atoms with E-state index in [0.29, 0.717) is 34.5 Å². The zero-order valence-electron chi connectivity index (χ0n) is 18.4. The Morgan fingerprint density at radius 2 is 1.76 bits per heavy atom. The highest BCUT2D eigenvalue weighted by molar-refractivity contribution is 7.99. The van der Waals surface area contributed by atoms with Gasteiger partial charge in [0, 0.05) is 17.8 Å². The molecule has 3 aromatic rings. The van der Waals surface area contributed by atoms with E-state index < -0.39 is 5.97 Å². The average molecular weight is 482 g/mol. The Labute approximate surface area is 200 Å². The summed E-state index contributed by atoms with van der Waals surface area (Å²) in [5.41, 5.74) is 1.11. The summed E-state index contributed by atoms with van der Waals surface area (Å²) in [5.74, 6) is -0.340. The predicted octanol–water partition coefficient (Wildman–Crippen LogP) is 2.83. The van der Waals surface area contributed by atoms with Crippen molar-refractivity contribution >= 4 is 35.2 Å².